The zero-order valence-corrected chi connectivity index (χ0v) is 20.0. The molecule has 0 N–H and O–H groups in total. The van der Waals surface area contributed by atoms with Crippen molar-refractivity contribution in [3.8, 4) is 0 Å². The summed E-state index contributed by atoms with van der Waals surface area (Å²) >= 11 is 3.41. The number of fused-ring (bicyclic) bond motifs is 5. The highest BCUT2D eigenvalue weighted by molar-refractivity contribution is 9.10. The van der Waals surface area contributed by atoms with E-state index < -0.39 is 29.8 Å². The third-order valence-electron chi connectivity index (χ3n) is 7.32. The number of carbonyl (C=O) groups is 3. The quantitative estimate of drug-likeness (QED) is 0.370. The molecular formula is C28H21BrN2O3. The highest BCUT2D eigenvalue weighted by Gasteiger charge is 2.65. The Bertz CT molecular complexity index is 1360. The third-order valence-corrected chi connectivity index (χ3v) is 7.84. The monoisotopic (exact) mass is 512 g/mol. The highest BCUT2D eigenvalue weighted by Crippen LogP contribution is 2.55. The highest BCUT2D eigenvalue weighted by atomic mass is 79.9. The summed E-state index contributed by atoms with van der Waals surface area (Å²) in [6.45, 7) is 1.97. The molecule has 2 heterocycles. The van der Waals surface area contributed by atoms with Crippen LogP contribution in [0.25, 0.3) is 0 Å². The fraction of sp³-hybridized carbons (Fsp3) is 0.214. The van der Waals surface area contributed by atoms with E-state index in [0.29, 0.717) is 11.1 Å². The van der Waals surface area contributed by atoms with Gasteiger partial charge in [-0.2, -0.15) is 5.10 Å². The summed E-state index contributed by atoms with van der Waals surface area (Å²) in [5.74, 6) is -2.71. The van der Waals surface area contributed by atoms with Gasteiger partial charge >= 0.3 is 0 Å². The Morgan fingerprint density at radius 2 is 1.56 bits per heavy atom. The molecule has 0 amide bonds. The average molecular weight is 513 g/mol. The summed E-state index contributed by atoms with van der Waals surface area (Å²) in [5, 5.41) is 6.32. The van der Waals surface area contributed by atoms with Gasteiger partial charge in [-0.25, -0.2) is 0 Å². The molecular weight excluding hydrogens is 492 g/mol. The van der Waals surface area contributed by atoms with E-state index >= 15 is 0 Å². The number of Topliss-reactive ketones (excluding diaryl/α,β-unsaturated/α-hetero) is 3. The molecule has 0 radical (unpaired) electrons. The molecule has 6 rings (SSSR count). The van der Waals surface area contributed by atoms with Gasteiger partial charge in [-0.1, -0.05) is 82.2 Å². The molecule has 34 heavy (non-hydrogen) atoms. The van der Waals surface area contributed by atoms with E-state index in [1.807, 2.05) is 67.6 Å². The number of aryl methyl sites for hydroxylation is 1. The smallest absolute Gasteiger partial charge is 0.187 e. The molecule has 0 spiro atoms. The molecule has 5 atom stereocenters. The number of halogens is 1. The molecule has 1 aliphatic carbocycles. The van der Waals surface area contributed by atoms with Crippen LogP contribution in [0, 0.1) is 18.8 Å². The van der Waals surface area contributed by atoms with Crippen LogP contribution < -0.4 is 0 Å². The summed E-state index contributed by atoms with van der Waals surface area (Å²) < 4.78 is 0.864. The Balaban J connectivity index is 1.49. The Morgan fingerprint density at radius 3 is 2.29 bits per heavy atom. The van der Waals surface area contributed by atoms with Gasteiger partial charge in [-0.3, -0.25) is 19.4 Å². The second kappa shape index (κ2) is 7.84. The van der Waals surface area contributed by atoms with Crippen LogP contribution in [0.4, 0.5) is 0 Å². The van der Waals surface area contributed by atoms with Gasteiger partial charge in [-0.05, 0) is 35.7 Å². The van der Waals surface area contributed by atoms with Crippen LogP contribution in [0.1, 0.15) is 44.6 Å². The normalized spacial score (nSPS) is 26.9. The van der Waals surface area contributed by atoms with Gasteiger partial charge in [0.05, 0.1) is 24.1 Å². The van der Waals surface area contributed by atoms with Crippen molar-refractivity contribution < 1.29 is 14.4 Å². The maximum Gasteiger partial charge on any atom is 0.187 e. The first-order valence-electron chi connectivity index (χ1n) is 11.3. The van der Waals surface area contributed by atoms with Crippen LogP contribution >= 0.6 is 15.9 Å². The number of nitrogens with zero attached hydrogens (tertiary/aromatic N) is 2. The molecule has 1 saturated heterocycles. The first-order chi connectivity index (χ1) is 16.5. The largest absolute Gasteiger partial charge is 0.298 e. The molecule has 3 aliphatic rings. The minimum absolute atomic E-state index is 0.119. The molecule has 0 aromatic heterocycles. The van der Waals surface area contributed by atoms with E-state index in [1.165, 1.54) is 0 Å². The maximum absolute atomic E-state index is 13.9. The first kappa shape index (κ1) is 21.2. The van der Waals surface area contributed by atoms with Crippen LogP contribution in [-0.4, -0.2) is 34.6 Å². The molecule has 0 bridgehead atoms. The zero-order valence-electron chi connectivity index (χ0n) is 18.4. The molecule has 3 aromatic rings. The van der Waals surface area contributed by atoms with Crippen molar-refractivity contribution in [2.24, 2.45) is 16.9 Å². The molecule has 2 aliphatic heterocycles. The van der Waals surface area contributed by atoms with Crippen LogP contribution in [0.5, 0.6) is 0 Å². The van der Waals surface area contributed by atoms with Gasteiger partial charge in [0.1, 0.15) is 12.0 Å². The third kappa shape index (κ3) is 3.05. The number of carbonyl (C=O) groups excluding carboxylic acids is 3. The van der Waals surface area contributed by atoms with E-state index in [4.69, 9.17) is 0 Å². The van der Waals surface area contributed by atoms with Crippen LogP contribution in [-0.2, 0) is 9.59 Å². The number of hydrogen-bond donors (Lipinski definition) is 0. The van der Waals surface area contributed by atoms with Gasteiger partial charge in [0, 0.05) is 10.0 Å². The standard InChI is InChI=1S/C28H21BrN2O3/c1-15-6-8-16(9-7-15)21-27(33)22-23(28(21)34)25(26(32)17-10-12-19(29)13-11-17)31-24(22)20-5-3-2-4-18(20)14-30-31/h2-14,21-25H,1H3/t21-,22-,23+,24-,25+/m0/s1. The second-order valence-corrected chi connectivity index (χ2v) is 10.1. The van der Waals surface area contributed by atoms with Crippen LogP contribution in [0.15, 0.2) is 82.4 Å². The second-order valence-electron chi connectivity index (χ2n) is 9.21. The molecule has 6 heteroatoms. The number of rotatable bonds is 3. The predicted octanol–water partition coefficient (Wildman–Crippen LogP) is 4.88. The van der Waals surface area contributed by atoms with E-state index in [1.54, 1.807) is 23.4 Å². The number of hydrogen-bond acceptors (Lipinski definition) is 5. The van der Waals surface area contributed by atoms with Gasteiger partial charge in [0.15, 0.2) is 17.3 Å². The lowest BCUT2D eigenvalue weighted by Crippen LogP contribution is -2.41. The van der Waals surface area contributed by atoms with Crippen LogP contribution in [0.3, 0.4) is 0 Å². The number of hydrazone groups is 1. The molecule has 1 saturated carbocycles. The van der Waals surface area contributed by atoms with Crippen molar-refractivity contribution in [3.63, 3.8) is 0 Å². The van der Waals surface area contributed by atoms with Crippen molar-refractivity contribution in [1.82, 2.24) is 5.01 Å². The molecule has 168 valence electrons. The van der Waals surface area contributed by atoms with E-state index in [-0.39, 0.29) is 17.3 Å². The average Bonchev–Trinajstić information content (AvgIpc) is 3.32. The lowest BCUT2D eigenvalue weighted by molar-refractivity contribution is -0.126. The van der Waals surface area contributed by atoms with Crippen molar-refractivity contribution in [1.29, 1.82) is 0 Å². The minimum Gasteiger partial charge on any atom is -0.298 e. The summed E-state index contributed by atoms with van der Waals surface area (Å²) in [4.78, 5) is 41.6. The Kier molecular flexibility index (Phi) is 4.88. The zero-order chi connectivity index (χ0) is 23.6. The summed E-state index contributed by atoms with van der Waals surface area (Å²) in [6, 6.07) is 21.2. The number of ketones is 3. The lowest BCUT2D eigenvalue weighted by atomic mass is 9.83. The Labute approximate surface area is 205 Å². The van der Waals surface area contributed by atoms with E-state index in [2.05, 4.69) is 21.0 Å². The van der Waals surface area contributed by atoms with Gasteiger partial charge < -0.3 is 0 Å². The predicted molar refractivity (Wildman–Crippen MR) is 132 cm³/mol. The van der Waals surface area contributed by atoms with E-state index in [0.717, 1.165) is 21.2 Å². The fourth-order valence-electron chi connectivity index (χ4n) is 5.75. The SMILES string of the molecule is Cc1ccc([C@@H]2C(=O)[C@@H]3[C@H](C2=O)[C@@H]2c4ccccc4C=NN2[C@H]3C(=O)c2ccc(Br)cc2)cc1. The van der Waals surface area contributed by atoms with Gasteiger partial charge in [0.25, 0.3) is 0 Å². The van der Waals surface area contributed by atoms with E-state index in [9.17, 15) is 14.4 Å². The molecule has 2 fully saturated rings. The summed E-state index contributed by atoms with van der Waals surface area (Å²) in [6.07, 6.45) is 1.72. The number of benzene rings is 3. The topological polar surface area (TPSA) is 66.8 Å². The van der Waals surface area contributed by atoms with Crippen molar-refractivity contribution in [2.45, 2.75) is 24.9 Å². The summed E-state index contributed by atoms with van der Waals surface area (Å²) in [7, 11) is 0. The lowest BCUT2D eigenvalue weighted by Gasteiger charge is -2.33. The first-order valence-corrected chi connectivity index (χ1v) is 12.1. The van der Waals surface area contributed by atoms with Crippen LogP contribution in [0.2, 0.25) is 0 Å². The maximum atomic E-state index is 13.9. The molecule has 5 nitrogen and oxygen atoms in total. The fourth-order valence-corrected chi connectivity index (χ4v) is 6.01. The van der Waals surface area contributed by atoms with Crippen molar-refractivity contribution in [2.75, 3.05) is 0 Å². The van der Waals surface area contributed by atoms with Crippen molar-refractivity contribution >= 4 is 39.5 Å². The van der Waals surface area contributed by atoms with Crippen molar-refractivity contribution in [3.05, 3.63) is 105 Å². The Morgan fingerprint density at radius 1 is 0.882 bits per heavy atom. The molecule has 3 aromatic carbocycles. The summed E-state index contributed by atoms with van der Waals surface area (Å²) in [5.41, 5.74) is 4.11. The van der Waals surface area contributed by atoms with Gasteiger partial charge in [0.2, 0.25) is 0 Å². The van der Waals surface area contributed by atoms with Gasteiger partial charge in [-0.15, -0.1) is 0 Å². The minimum atomic E-state index is -0.851. The Hall–Kier alpha value is -3.38. The molecule has 0 unspecified atom stereocenters.